The van der Waals surface area contributed by atoms with Crippen molar-refractivity contribution >= 4 is 33.1 Å². The van der Waals surface area contributed by atoms with E-state index in [-0.39, 0.29) is 0 Å². The van der Waals surface area contributed by atoms with E-state index < -0.39 is 0 Å². The molecule has 98 valence electrons. The summed E-state index contributed by atoms with van der Waals surface area (Å²) in [4.78, 5) is 15.6. The number of hydrogen-bond acceptors (Lipinski definition) is 3. The summed E-state index contributed by atoms with van der Waals surface area (Å²) in [5.74, 6) is 0.934. The lowest BCUT2D eigenvalue weighted by Gasteiger charge is -2.09. The van der Waals surface area contributed by atoms with Gasteiger partial charge in [-0.1, -0.05) is 30.3 Å². The van der Waals surface area contributed by atoms with Crippen LogP contribution in [0.1, 0.15) is 10.4 Å². The van der Waals surface area contributed by atoms with E-state index in [2.05, 4.69) is 20.9 Å². The predicted octanol–water partition coefficient (Wildman–Crippen LogP) is 4.60. The van der Waals surface area contributed by atoms with Crippen LogP contribution in [0.2, 0.25) is 0 Å². The second-order valence-electron chi connectivity index (χ2n) is 4.23. The molecule has 0 aliphatic rings. The fraction of sp³-hybridized carbons (Fsp3) is 0. The molecular weight excluding hydrogens is 318 g/mol. The molecule has 0 spiro atoms. The van der Waals surface area contributed by atoms with Gasteiger partial charge in [0, 0.05) is 5.39 Å². The molecule has 1 heterocycles. The van der Waals surface area contributed by atoms with Gasteiger partial charge in [-0.15, -0.1) is 0 Å². The summed E-state index contributed by atoms with van der Waals surface area (Å²) in [6, 6.07) is 16.8. The highest BCUT2D eigenvalue weighted by Crippen LogP contribution is 2.30. The van der Waals surface area contributed by atoms with Crippen molar-refractivity contribution in [2.45, 2.75) is 0 Å². The molecule has 3 nitrogen and oxygen atoms in total. The van der Waals surface area contributed by atoms with Crippen LogP contribution in [0.15, 0.2) is 59.1 Å². The molecule has 3 aromatic rings. The molecule has 1 aromatic heterocycles. The number of carbonyl (C=O) groups excluding carboxylic acids is 1. The van der Waals surface area contributed by atoms with Crippen molar-refractivity contribution in [3.05, 3.63) is 64.6 Å². The molecule has 0 bridgehead atoms. The van der Waals surface area contributed by atoms with Gasteiger partial charge in [-0.05, 0) is 40.2 Å². The lowest BCUT2D eigenvalue weighted by atomic mass is 10.1. The fourth-order valence-electron chi connectivity index (χ4n) is 1.91. The minimum absolute atomic E-state index is 0.311. The molecule has 0 unspecified atom stereocenters. The van der Waals surface area contributed by atoms with Gasteiger partial charge >= 0.3 is 0 Å². The van der Waals surface area contributed by atoms with Gasteiger partial charge in [0.15, 0.2) is 6.29 Å². The Morgan fingerprint density at radius 2 is 1.80 bits per heavy atom. The average molecular weight is 328 g/mol. The maximum atomic E-state index is 11.2. The number of rotatable bonds is 3. The molecule has 0 radical (unpaired) electrons. The normalized spacial score (nSPS) is 10.4. The van der Waals surface area contributed by atoms with E-state index in [0.29, 0.717) is 17.2 Å². The van der Waals surface area contributed by atoms with Crippen LogP contribution in [0.4, 0.5) is 0 Å². The summed E-state index contributed by atoms with van der Waals surface area (Å²) >= 11 is 3.41. The Balaban J connectivity index is 2.10. The highest BCUT2D eigenvalue weighted by atomic mass is 79.9. The number of benzene rings is 2. The van der Waals surface area contributed by atoms with Crippen LogP contribution in [0.5, 0.6) is 11.6 Å². The van der Waals surface area contributed by atoms with E-state index in [1.165, 1.54) is 0 Å². The van der Waals surface area contributed by atoms with Crippen LogP contribution < -0.4 is 4.74 Å². The van der Waals surface area contributed by atoms with Crippen molar-refractivity contribution < 1.29 is 9.53 Å². The molecule has 4 heteroatoms. The first-order chi connectivity index (χ1) is 9.78. The lowest BCUT2D eigenvalue weighted by molar-refractivity contribution is 0.112. The summed E-state index contributed by atoms with van der Waals surface area (Å²) in [7, 11) is 0. The first-order valence-electron chi connectivity index (χ1n) is 6.05. The van der Waals surface area contributed by atoms with Crippen molar-refractivity contribution in [3.63, 3.8) is 0 Å². The molecule has 2 aromatic carbocycles. The smallest absolute Gasteiger partial charge is 0.230 e. The van der Waals surface area contributed by atoms with E-state index in [0.717, 1.165) is 21.7 Å². The molecule has 0 fully saturated rings. The van der Waals surface area contributed by atoms with Crippen LogP contribution in [0, 0.1) is 0 Å². The SMILES string of the molecule is O=Cc1cc2ccccc2nc1Oc1ccccc1Br. The van der Waals surface area contributed by atoms with Crippen LogP contribution in [-0.2, 0) is 0 Å². The highest BCUT2D eigenvalue weighted by molar-refractivity contribution is 9.10. The fourth-order valence-corrected chi connectivity index (χ4v) is 2.28. The van der Waals surface area contributed by atoms with Crippen LogP contribution in [-0.4, -0.2) is 11.3 Å². The molecule has 3 rings (SSSR count). The number of hydrogen-bond donors (Lipinski definition) is 0. The number of fused-ring (bicyclic) bond motifs is 1. The Bertz CT molecular complexity index is 786. The molecule has 0 atom stereocenters. The summed E-state index contributed by atoms with van der Waals surface area (Å²) in [6.45, 7) is 0. The van der Waals surface area contributed by atoms with E-state index in [1.807, 2.05) is 48.5 Å². The van der Waals surface area contributed by atoms with Gasteiger partial charge < -0.3 is 4.74 Å². The van der Waals surface area contributed by atoms with Gasteiger partial charge in [-0.25, -0.2) is 4.98 Å². The monoisotopic (exact) mass is 327 g/mol. The minimum Gasteiger partial charge on any atom is -0.437 e. The zero-order valence-electron chi connectivity index (χ0n) is 10.4. The molecule has 0 amide bonds. The quantitative estimate of drug-likeness (QED) is 0.660. The average Bonchev–Trinajstić information content (AvgIpc) is 2.49. The first-order valence-corrected chi connectivity index (χ1v) is 6.84. The number of halogens is 1. The number of ether oxygens (including phenoxy) is 1. The molecule has 0 aliphatic heterocycles. The van der Waals surface area contributed by atoms with Gasteiger partial charge in [0.2, 0.25) is 5.88 Å². The van der Waals surface area contributed by atoms with E-state index >= 15 is 0 Å². The maximum Gasteiger partial charge on any atom is 0.230 e. The number of aldehydes is 1. The second-order valence-corrected chi connectivity index (χ2v) is 5.08. The topological polar surface area (TPSA) is 39.2 Å². The summed E-state index contributed by atoms with van der Waals surface area (Å²) < 4.78 is 6.56. The van der Waals surface area contributed by atoms with E-state index in [4.69, 9.17) is 4.74 Å². The zero-order valence-corrected chi connectivity index (χ0v) is 12.0. The van der Waals surface area contributed by atoms with Crippen molar-refractivity contribution in [2.75, 3.05) is 0 Å². The largest absolute Gasteiger partial charge is 0.437 e. The number of nitrogens with zero attached hydrogens (tertiary/aromatic N) is 1. The van der Waals surface area contributed by atoms with E-state index in [1.54, 1.807) is 6.07 Å². The zero-order chi connectivity index (χ0) is 13.9. The van der Waals surface area contributed by atoms with Crippen LogP contribution in [0.25, 0.3) is 10.9 Å². The van der Waals surface area contributed by atoms with Crippen molar-refractivity contribution in [1.29, 1.82) is 0 Å². The summed E-state index contributed by atoms with van der Waals surface area (Å²) in [5.41, 5.74) is 1.22. The number of aromatic nitrogens is 1. The van der Waals surface area contributed by atoms with Gasteiger partial charge in [-0.3, -0.25) is 4.79 Å². The molecule has 0 aliphatic carbocycles. The number of para-hydroxylation sites is 2. The standard InChI is InChI=1S/C16H10BrNO2/c17-13-6-2-4-8-15(13)20-16-12(10-19)9-11-5-1-3-7-14(11)18-16/h1-10H. The van der Waals surface area contributed by atoms with Gasteiger partial charge in [0.05, 0.1) is 15.6 Å². The molecule has 0 saturated carbocycles. The molecule has 20 heavy (non-hydrogen) atoms. The maximum absolute atomic E-state index is 11.2. The summed E-state index contributed by atoms with van der Waals surface area (Å²) in [5, 5.41) is 0.911. The minimum atomic E-state index is 0.311. The van der Waals surface area contributed by atoms with Crippen molar-refractivity contribution in [2.24, 2.45) is 0 Å². The Labute approximate surface area is 124 Å². The van der Waals surface area contributed by atoms with Crippen LogP contribution >= 0.6 is 15.9 Å². The molecular formula is C16H10BrNO2. The lowest BCUT2D eigenvalue weighted by Crippen LogP contribution is -1.95. The van der Waals surface area contributed by atoms with Crippen molar-refractivity contribution in [3.8, 4) is 11.6 Å². The van der Waals surface area contributed by atoms with Crippen molar-refractivity contribution in [1.82, 2.24) is 4.98 Å². The third-order valence-electron chi connectivity index (χ3n) is 2.89. The Morgan fingerprint density at radius 1 is 1.05 bits per heavy atom. The third-order valence-corrected chi connectivity index (χ3v) is 3.54. The van der Waals surface area contributed by atoms with Gasteiger partial charge in [-0.2, -0.15) is 0 Å². The van der Waals surface area contributed by atoms with Gasteiger partial charge in [0.25, 0.3) is 0 Å². The van der Waals surface area contributed by atoms with Gasteiger partial charge in [0.1, 0.15) is 5.75 Å². The Kier molecular flexibility index (Phi) is 3.48. The van der Waals surface area contributed by atoms with E-state index in [9.17, 15) is 4.79 Å². The Hall–Kier alpha value is -2.20. The summed E-state index contributed by atoms with van der Waals surface area (Å²) in [6.07, 6.45) is 0.756. The third kappa shape index (κ3) is 2.42. The molecule has 0 N–H and O–H groups in total. The number of carbonyl (C=O) groups is 1. The van der Waals surface area contributed by atoms with Crippen LogP contribution in [0.3, 0.4) is 0 Å². The Morgan fingerprint density at radius 3 is 2.60 bits per heavy atom. The predicted molar refractivity (Wildman–Crippen MR) is 81.3 cm³/mol. The second kappa shape index (κ2) is 5.43. The highest BCUT2D eigenvalue weighted by Gasteiger charge is 2.10. The molecule has 0 saturated heterocycles. The number of pyridine rings is 1. The first kappa shape index (κ1) is 12.8.